The van der Waals surface area contributed by atoms with E-state index in [2.05, 4.69) is 18.7 Å². The van der Waals surface area contributed by atoms with Gasteiger partial charge >= 0.3 is 0 Å². The van der Waals surface area contributed by atoms with Crippen molar-refractivity contribution >= 4 is 5.78 Å². The van der Waals surface area contributed by atoms with E-state index >= 15 is 0 Å². The molecule has 0 radical (unpaired) electrons. The minimum atomic E-state index is -0.234. The maximum absolute atomic E-state index is 10.9. The third kappa shape index (κ3) is 1.36. The predicted molar refractivity (Wildman–Crippen MR) is 39.7 cm³/mol. The van der Waals surface area contributed by atoms with Crippen LogP contribution in [0.5, 0.6) is 0 Å². The number of nitrogens with zero attached hydrogens (tertiary/aromatic N) is 1. The maximum Gasteiger partial charge on any atom is 0.164 e. The van der Waals surface area contributed by atoms with Crippen molar-refractivity contribution in [1.82, 2.24) is 4.90 Å². The monoisotopic (exact) mass is 142 g/mol. The Kier molecular flexibility index (Phi) is 2.06. The predicted octanol–water partition coefficient (Wildman–Crippen LogP) is -0.393. The Bertz CT molecular complexity index is 145. The molecule has 10 heavy (non-hydrogen) atoms. The molecule has 2 N–H and O–H groups in total. The van der Waals surface area contributed by atoms with E-state index in [0.717, 1.165) is 6.54 Å². The van der Waals surface area contributed by atoms with Gasteiger partial charge in [-0.25, -0.2) is 0 Å². The summed E-state index contributed by atoms with van der Waals surface area (Å²) >= 11 is 0. The fourth-order valence-corrected chi connectivity index (χ4v) is 1.13. The van der Waals surface area contributed by atoms with Crippen molar-refractivity contribution in [2.24, 2.45) is 5.73 Å². The molecule has 1 aliphatic rings. The zero-order valence-electron chi connectivity index (χ0n) is 6.50. The van der Waals surface area contributed by atoms with Gasteiger partial charge in [0.1, 0.15) is 0 Å². The number of carbonyl (C=O) groups is 1. The molecule has 3 nitrogen and oxygen atoms in total. The number of hydrogen-bond donors (Lipinski definition) is 1. The van der Waals surface area contributed by atoms with Crippen molar-refractivity contribution in [3.63, 3.8) is 0 Å². The number of nitrogens with two attached hydrogens (primary N) is 1. The average Bonchev–Trinajstić information content (AvgIpc) is 2.13. The van der Waals surface area contributed by atoms with Crippen molar-refractivity contribution < 1.29 is 4.79 Å². The fourth-order valence-electron chi connectivity index (χ4n) is 1.13. The van der Waals surface area contributed by atoms with Gasteiger partial charge in [-0.05, 0) is 13.8 Å². The molecule has 3 heteroatoms. The van der Waals surface area contributed by atoms with Crippen LogP contribution in [0.2, 0.25) is 0 Å². The Morgan fingerprint density at radius 1 is 1.70 bits per heavy atom. The van der Waals surface area contributed by atoms with E-state index in [1.165, 1.54) is 0 Å². The molecule has 1 rings (SSSR count). The molecule has 1 aliphatic heterocycles. The van der Waals surface area contributed by atoms with Crippen LogP contribution in [0.4, 0.5) is 0 Å². The SMILES string of the molecule is CC(C)N1CC(=O)C(N)C1. The van der Waals surface area contributed by atoms with Gasteiger partial charge in [-0.15, -0.1) is 0 Å². The van der Waals surface area contributed by atoms with Gasteiger partial charge in [0.25, 0.3) is 0 Å². The number of carbonyl (C=O) groups excluding carboxylic acids is 1. The summed E-state index contributed by atoms with van der Waals surface area (Å²) in [5, 5.41) is 0. The molecule has 1 saturated heterocycles. The summed E-state index contributed by atoms with van der Waals surface area (Å²) < 4.78 is 0. The van der Waals surface area contributed by atoms with E-state index in [1.54, 1.807) is 0 Å². The summed E-state index contributed by atoms with van der Waals surface area (Å²) in [7, 11) is 0. The summed E-state index contributed by atoms with van der Waals surface area (Å²) in [6, 6.07) is 0.208. The first-order chi connectivity index (χ1) is 4.61. The van der Waals surface area contributed by atoms with Gasteiger partial charge in [0, 0.05) is 12.6 Å². The fraction of sp³-hybridized carbons (Fsp3) is 0.857. The summed E-state index contributed by atoms with van der Waals surface area (Å²) in [5.74, 6) is 0.175. The third-order valence-corrected chi connectivity index (χ3v) is 1.93. The van der Waals surface area contributed by atoms with Gasteiger partial charge < -0.3 is 5.73 Å². The highest BCUT2D eigenvalue weighted by atomic mass is 16.1. The summed E-state index contributed by atoms with van der Waals surface area (Å²) in [6.45, 7) is 5.42. The molecular formula is C7H14N2O. The van der Waals surface area contributed by atoms with E-state index in [1.807, 2.05) is 0 Å². The molecule has 0 amide bonds. The standard InChI is InChI=1S/C7H14N2O/c1-5(2)9-3-6(8)7(10)4-9/h5-6H,3-4,8H2,1-2H3. The van der Waals surface area contributed by atoms with Crippen LogP contribution >= 0.6 is 0 Å². The van der Waals surface area contributed by atoms with Gasteiger partial charge in [0.15, 0.2) is 5.78 Å². The molecular weight excluding hydrogens is 128 g/mol. The van der Waals surface area contributed by atoms with Crippen molar-refractivity contribution in [2.45, 2.75) is 25.9 Å². The van der Waals surface area contributed by atoms with Crippen LogP contribution in [-0.4, -0.2) is 35.9 Å². The van der Waals surface area contributed by atoms with Gasteiger partial charge in [0.05, 0.1) is 12.6 Å². The van der Waals surface area contributed by atoms with E-state index in [4.69, 9.17) is 5.73 Å². The lowest BCUT2D eigenvalue weighted by atomic mass is 10.3. The van der Waals surface area contributed by atoms with Crippen LogP contribution in [0.25, 0.3) is 0 Å². The second-order valence-electron chi connectivity index (χ2n) is 3.10. The van der Waals surface area contributed by atoms with Crippen molar-refractivity contribution in [2.75, 3.05) is 13.1 Å². The van der Waals surface area contributed by atoms with Crippen molar-refractivity contribution in [3.05, 3.63) is 0 Å². The third-order valence-electron chi connectivity index (χ3n) is 1.93. The minimum absolute atomic E-state index is 0.175. The van der Waals surface area contributed by atoms with Crippen LogP contribution < -0.4 is 5.73 Å². The number of ketones is 1. The normalized spacial score (nSPS) is 28.4. The van der Waals surface area contributed by atoms with Crippen molar-refractivity contribution in [1.29, 1.82) is 0 Å². The van der Waals surface area contributed by atoms with Crippen LogP contribution in [0, 0.1) is 0 Å². The first-order valence-corrected chi connectivity index (χ1v) is 3.63. The Morgan fingerprint density at radius 3 is 2.50 bits per heavy atom. The maximum atomic E-state index is 10.9. The zero-order valence-corrected chi connectivity index (χ0v) is 6.50. The molecule has 0 bridgehead atoms. The molecule has 58 valence electrons. The number of likely N-dealkylation sites (tertiary alicyclic amines) is 1. The van der Waals surface area contributed by atoms with E-state index < -0.39 is 0 Å². The summed E-state index contributed by atoms with van der Waals surface area (Å²) in [5.41, 5.74) is 5.52. The van der Waals surface area contributed by atoms with E-state index in [9.17, 15) is 4.79 Å². The second kappa shape index (κ2) is 2.68. The van der Waals surface area contributed by atoms with E-state index in [0.29, 0.717) is 12.6 Å². The number of Topliss-reactive ketones (excluding diaryl/α,β-unsaturated/α-hetero) is 1. The molecule has 0 spiro atoms. The first kappa shape index (κ1) is 7.69. The number of rotatable bonds is 1. The van der Waals surface area contributed by atoms with Gasteiger partial charge in [0.2, 0.25) is 0 Å². The topological polar surface area (TPSA) is 46.3 Å². The van der Waals surface area contributed by atoms with Crippen LogP contribution in [0.3, 0.4) is 0 Å². The highest BCUT2D eigenvalue weighted by Crippen LogP contribution is 2.06. The van der Waals surface area contributed by atoms with Crippen LogP contribution in [0.15, 0.2) is 0 Å². The highest BCUT2D eigenvalue weighted by molar-refractivity contribution is 5.87. The largest absolute Gasteiger partial charge is 0.320 e. The lowest BCUT2D eigenvalue weighted by Gasteiger charge is -2.17. The summed E-state index contributed by atoms with van der Waals surface area (Å²) in [6.07, 6.45) is 0. The van der Waals surface area contributed by atoms with Crippen LogP contribution in [0.1, 0.15) is 13.8 Å². The van der Waals surface area contributed by atoms with Gasteiger partial charge in [-0.2, -0.15) is 0 Å². The molecule has 0 aromatic carbocycles. The van der Waals surface area contributed by atoms with Gasteiger partial charge in [-0.1, -0.05) is 0 Å². The first-order valence-electron chi connectivity index (χ1n) is 3.63. The molecule has 0 aromatic heterocycles. The molecule has 1 unspecified atom stereocenters. The smallest absolute Gasteiger partial charge is 0.164 e. The molecule has 1 fully saturated rings. The molecule has 1 atom stereocenters. The Morgan fingerprint density at radius 2 is 2.30 bits per heavy atom. The van der Waals surface area contributed by atoms with Crippen LogP contribution in [-0.2, 0) is 4.79 Å². The van der Waals surface area contributed by atoms with E-state index in [-0.39, 0.29) is 11.8 Å². The Balaban J connectivity index is 2.49. The molecule has 1 heterocycles. The summed E-state index contributed by atoms with van der Waals surface area (Å²) in [4.78, 5) is 13.0. The lowest BCUT2D eigenvalue weighted by Crippen LogP contribution is -2.32. The quantitative estimate of drug-likeness (QED) is 0.542. The zero-order chi connectivity index (χ0) is 7.72. The average molecular weight is 142 g/mol. The molecule has 0 aliphatic carbocycles. The van der Waals surface area contributed by atoms with Crippen molar-refractivity contribution in [3.8, 4) is 0 Å². The lowest BCUT2D eigenvalue weighted by molar-refractivity contribution is -0.117. The van der Waals surface area contributed by atoms with Gasteiger partial charge in [-0.3, -0.25) is 9.69 Å². The minimum Gasteiger partial charge on any atom is -0.320 e. The number of hydrogen-bond acceptors (Lipinski definition) is 3. The Hall–Kier alpha value is -0.410. The second-order valence-corrected chi connectivity index (χ2v) is 3.10. The highest BCUT2D eigenvalue weighted by Gasteiger charge is 2.28. The molecule has 0 saturated carbocycles. The molecule has 0 aromatic rings. The Labute approximate surface area is 61.2 Å².